The molecule has 0 bridgehead atoms. The van der Waals surface area contributed by atoms with Gasteiger partial charge in [0.05, 0.1) is 5.39 Å². The number of rotatable bonds is 6. The zero-order valence-corrected chi connectivity index (χ0v) is 18.8. The highest BCUT2D eigenvalue weighted by Gasteiger charge is 2.25. The van der Waals surface area contributed by atoms with Crippen molar-refractivity contribution in [2.45, 2.75) is 51.6 Å². The van der Waals surface area contributed by atoms with Gasteiger partial charge in [0.25, 0.3) is 0 Å². The quantitative estimate of drug-likeness (QED) is 0.383. The van der Waals surface area contributed by atoms with Crippen LogP contribution in [0.1, 0.15) is 52.9 Å². The zero-order chi connectivity index (χ0) is 21.1. The SMILES string of the molecule is Cc1c(C(=O)OC2CCCCC2)sc2nc(Cl)nc(N(C)CCc3ccncc3)c12. The molecule has 0 N–H and O–H groups in total. The maximum Gasteiger partial charge on any atom is 0.348 e. The normalized spacial score (nSPS) is 14.8. The molecule has 1 fully saturated rings. The fourth-order valence-corrected chi connectivity index (χ4v) is 5.18. The van der Waals surface area contributed by atoms with Crippen molar-refractivity contribution in [1.82, 2.24) is 15.0 Å². The van der Waals surface area contributed by atoms with Crippen molar-refractivity contribution in [1.29, 1.82) is 0 Å². The van der Waals surface area contributed by atoms with Gasteiger partial charge in [0.2, 0.25) is 5.28 Å². The van der Waals surface area contributed by atoms with Crippen LogP contribution >= 0.6 is 22.9 Å². The number of aromatic nitrogens is 3. The number of hydrogen-bond donors (Lipinski definition) is 0. The van der Waals surface area contributed by atoms with E-state index in [2.05, 4.69) is 19.9 Å². The van der Waals surface area contributed by atoms with Gasteiger partial charge in [0, 0.05) is 26.0 Å². The number of carbonyl (C=O) groups is 1. The minimum absolute atomic E-state index is 0.0213. The molecule has 0 spiro atoms. The Hall–Kier alpha value is -2.25. The lowest BCUT2D eigenvalue weighted by atomic mass is 9.98. The van der Waals surface area contributed by atoms with Crippen molar-refractivity contribution >= 4 is 44.9 Å². The maximum absolute atomic E-state index is 12.9. The van der Waals surface area contributed by atoms with Crippen LogP contribution in [0, 0.1) is 6.92 Å². The van der Waals surface area contributed by atoms with Gasteiger partial charge in [-0.2, -0.15) is 4.98 Å². The molecule has 0 atom stereocenters. The Kier molecular flexibility index (Phi) is 6.49. The maximum atomic E-state index is 12.9. The van der Waals surface area contributed by atoms with Gasteiger partial charge < -0.3 is 9.64 Å². The lowest BCUT2D eigenvalue weighted by Crippen LogP contribution is -2.22. The van der Waals surface area contributed by atoms with E-state index in [0.717, 1.165) is 55.4 Å². The molecule has 0 saturated heterocycles. The fourth-order valence-electron chi connectivity index (χ4n) is 3.90. The molecule has 30 heavy (non-hydrogen) atoms. The van der Waals surface area contributed by atoms with Crippen LogP contribution in [0.4, 0.5) is 5.82 Å². The number of anilines is 1. The third kappa shape index (κ3) is 4.57. The second kappa shape index (κ2) is 9.27. The van der Waals surface area contributed by atoms with E-state index in [-0.39, 0.29) is 17.4 Å². The van der Waals surface area contributed by atoms with E-state index in [4.69, 9.17) is 16.3 Å². The number of likely N-dealkylation sites (N-methyl/N-ethyl adjacent to an activating group) is 1. The lowest BCUT2D eigenvalue weighted by molar-refractivity contribution is 0.0216. The molecule has 0 amide bonds. The molecule has 158 valence electrons. The number of nitrogens with zero attached hydrogens (tertiary/aromatic N) is 4. The summed E-state index contributed by atoms with van der Waals surface area (Å²) in [5.74, 6) is 0.480. The van der Waals surface area contributed by atoms with E-state index in [1.165, 1.54) is 23.3 Å². The standard InChI is InChI=1S/C22H25ClN4O2S/c1-14-17-19(27(2)13-10-15-8-11-24-12-9-15)25-22(23)26-20(17)30-18(14)21(28)29-16-6-4-3-5-7-16/h8-9,11-12,16H,3-7,10,13H2,1-2H3. The Morgan fingerprint density at radius 2 is 1.97 bits per heavy atom. The van der Waals surface area contributed by atoms with Gasteiger partial charge in [-0.25, -0.2) is 9.78 Å². The van der Waals surface area contributed by atoms with Crippen LogP contribution in [-0.4, -0.2) is 40.6 Å². The Labute approximate surface area is 185 Å². The summed E-state index contributed by atoms with van der Waals surface area (Å²) in [6.45, 7) is 2.69. The number of ether oxygens (including phenoxy) is 1. The molecule has 0 unspecified atom stereocenters. The van der Waals surface area contributed by atoms with Gasteiger partial charge in [0.15, 0.2) is 0 Å². The minimum Gasteiger partial charge on any atom is -0.458 e. The number of esters is 1. The van der Waals surface area contributed by atoms with Crippen molar-refractivity contribution in [3.8, 4) is 0 Å². The van der Waals surface area contributed by atoms with E-state index >= 15 is 0 Å². The van der Waals surface area contributed by atoms with Crippen molar-refractivity contribution in [3.63, 3.8) is 0 Å². The first kappa shape index (κ1) is 21.0. The zero-order valence-electron chi connectivity index (χ0n) is 17.2. The molecular formula is C22H25ClN4O2S. The summed E-state index contributed by atoms with van der Waals surface area (Å²) in [5.41, 5.74) is 2.06. The number of aryl methyl sites for hydroxylation is 1. The van der Waals surface area contributed by atoms with Gasteiger partial charge in [-0.3, -0.25) is 4.98 Å². The molecule has 3 aromatic heterocycles. The van der Waals surface area contributed by atoms with E-state index < -0.39 is 0 Å². The number of thiophene rings is 1. The monoisotopic (exact) mass is 444 g/mol. The molecule has 1 aliphatic carbocycles. The largest absolute Gasteiger partial charge is 0.458 e. The van der Waals surface area contributed by atoms with E-state index in [1.807, 2.05) is 26.1 Å². The van der Waals surface area contributed by atoms with Crippen LogP contribution in [0.2, 0.25) is 5.28 Å². The molecule has 0 aromatic carbocycles. The number of hydrogen-bond acceptors (Lipinski definition) is 7. The van der Waals surface area contributed by atoms with Gasteiger partial charge in [-0.15, -0.1) is 11.3 Å². The van der Waals surface area contributed by atoms with Crippen molar-refractivity contribution in [2.75, 3.05) is 18.5 Å². The Bertz CT molecular complexity index is 1030. The summed E-state index contributed by atoms with van der Waals surface area (Å²) in [4.78, 5) is 29.2. The molecule has 4 rings (SSSR count). The topological polar surface area (TPSA) is 68.2 Å². The first-order chi connectivity index (χ1) is 14.5. The van der Waals surface area contributed by atoms with Gasteiger partial charge in [-0.05, 0) is 73.9 Å². The lowest BCUT2D eigenvalue weighted by Gasteiger charge is -2.21. The van der Waals surface area contributed by atoms with Crippen LogP contribution < -0.4 is 4.90 Å². The number of carbonyl (C=O) groups excluding carboxylic acids is 1. The van der Waals surface area contributed by atoms with Gasteiger partial charge in [0.1, 0.15) is 21.6 Å². The average molecular weight is 445 g/mol. The third-order valence-corrected chi connectivity index (χ3v) is 6.94. The predicted molar refractivity (Wildman–Crippen MR) is 121 cm³/mol. The molecule has 6 nitrogen and oxygen atoms in total. The van der Waals surface area contributed by atoms with Crippen molar-refractivity contribution < 1.29 is 9.53 Å². The minimum atomic E-state index is -0.260. The van der Waals surface area contributed by atoms with Crippen LogP contribution in [0.3, 0.4) is 0 Å². The van der Waals surface area contributed by atoms with Gasteiger partial charge >= 0.3 is 5.97 Å². The highest BCUT2D eigenvalue weighted by Crippen LogP contribution is 2.37. The van der Waals surface area contributed by atoms with Crippen molar-refractivity contribution in [3.05, 3.63) is 45.8 Å². The third-order valence-electron chi connectivity index (χ3n) is 5.60. The number of fused-ring (bicyclic) bond motifs is 1. The summed E-state index contributed by atoms with van der Waals surface area (Å²) < 4.78 is 5.79. The second-order valence-corrected chi connectivity index (χ2v) is 9.08. The van der Waals surface area contributed by atoms with Crippen LogP contribution in [-0.2, 0) is 11.2 Å². The molecule has 3 aromatic rings. The Morgan fingerprint density at radius 3 is 2.70 bits per heavy atom. The summed E-state index contributed by atoms with van der Waals surface area (Å²) in [5, 5.41) is 1.05. The Morgan fingerprint density at radius 1 is 1.23 bits per heavy atom. The first-order valence-corrected chi connectivity index (χ1v) is 11.5. The Balaban J connectivity index is 1.59. The molecule has 1 saturated carbocycles. The average Bonchev–Trinajstić information content (AvgIpc) is 3.09. The second-order valence-electron chi connectivity index (χ2n) is 7.74. The summed E-state index contributed by atoms with van der Waals surface area (Å²) in [6, 6.07) is 4.01. The fraction of sp³-hybridized carbons (Fsp3) is 0.455. The molecule has 0 radical (unpaired) electrons. The molecular weight excluding hydrogens is 420 g/mol. The van der Waals surface area contributed by atoms with Crippen LogP contribution in [0.5, 0.6) is 0 Å². The smallest absolute Gasteiger partial charge is 0.348 e. The molecule has 8 heteroatoms. The van der Waals surface area contributed by atoms with Crippen LogP contribution in [0.25, 0.3) is 10.2 Å². The molecule has 1 aliphatic rings. The predicted octanol–water partition coefficient (Wildman–Crippen LogP) is 5.22. The van der Waals surface area contributed by atoms with Gasteiger partial charge in [-0.1, -0.05) is 6.42 Å². The van der Waals surface area contributed by atoms with Crippen molar-refractivity contribution in [2.24, 2.45) is 0 Å². The summed E-state index contributed by atoms with van der Waals surface area (Å²) in [7, 11) is 1.98. The summed E-state index contributed by atoms with van der Waals surface area (Å²) in [6.07, 6.45) is 9.82. The highest BCUT2D eigenvalue weighted by molar-refractivity contribution is 7.20. The van der Waals surface area contributed by atoms with E-state index in [1.54, 1.807) is 12.4 Å². The number of pyridine rings is 1. The van der Waals surface area contributed by atoms with E-state index in [9.17, 15) is 4.79 Å². The summed E-state index contributed by atoms with van der Waals surface area (Å²) >= 11 is 7.55. The van der Waals surface area contributed by atoms with Crippen LogP contribution in [0.15, 0.2) is 24.5 Å². The number of halogens is 1. The molecule has 3 heterocycles. The van der Waals surface area contributed by atoms with E-state index in [0.29, 0.717) is 9.71 Å². The highest BCUT2D eigenvalue weighted by atomic mass is 35.5. The molecule has 0 aliphatic heterocycles. The first-order valence-electron chi connectivity index (χ1n) is 10.3.